The van der Waals surface area contributed by atoms with Crippen molar-refractivity contribution in [1.29, 1.82) is 0 Å². The van der Waals surface area contributed by atoms with Crippen LogP contribution in [-0.4, -0.2) is 36.2 Å². The van der Waals surface area contributed by atoms with E-state index >= 15 is 0 Å². The molecule has 8 nitrogen and oxygen atoms in total. The number of primary amides is 1. The van der Waals surface area contributed by atoms with Gasteiger partial charge in [0.15, 0.2) is 5.13 Å². The summed E-state index contributed by atoms with van der Waals surface area (Å²) in [5, 5.41) is 2.54. The first-order valence-electron chi connectivity index (χ1n) is 9.28. The number of ether oxygens (including phenoxy) is 3. The van der Waals surface area contributed by atoms with Gasteiger partial charge in [-0.2, -0.15) is 0 Å². The van der Waals surface area contributed by atoms with Gasteiger partial charge in [-0.25, -0.2) is 14.6 Å². The Morgan fingerprint density at radius 3 is 2.59 bits per heavy atom. The molecular formula is C20H18F3N3O5S. The number of nitrogens with one attached hydrogen (secondary N) is 1. The van der Waals surface area contributed by atoms with Crippen molar-refractivity contribution in [2.24, 2.45) is 5.73 Å². The Morgan fingerprint density at radius 2 is 1.91 bits per heavy atom. The molecule has 1 unspecified atom stereocenters. The summed E-state index contributed by atoms with van der Waals surface area (Å²) in [6, 6.07) is 13.1. The summed E-state index contributed by atoms with van der Waals surface area (Å²) in [5.74, 6) is -0.396. The molecule has 1 atom stereocenters. The summed E-state index contributed by atoms with van der Waals surface area (Å²) < 4.78 is 51.5. The zero-order chi connectivity index (χ0) is 23.1. The molecule has 3 rings (SSSR count). The minimum atomic E-state index is -4.81. The molecule has 32 heavy (non-hydrogen) atoms. The fourth-order valence-corrected chi connectivity index (χ4v) is 3.63. The molecule has 3 N–H and O–H groups in total. The lowest BCUT2D eigenvalue weighted by Gasteiger charge is -2.17. The number of benzene rings is 2. The number of hydrogen-bond acceptors (Lipinski definition) is 7. The van der Waals surface area contributed by atoms with Gasteiger partial charge in [0.25, 0.3) is 0 Å². The number of nitrogens with zero attached hydrogens (tertiary/aromatic N) is 1. The Hall–Kier alpha value is -3.54. The number of aryl methyl sites for hydroxylation is 1. The quantitative estimate of drug-likeness (QED) is 0.488. The van der Waals surface area contributed by atoms with Crippen LogP contribution in [0.25, 0.3) is 10.2 Å². The molecule has 0 bridgehead atoms. The smallest absolute Gasteiger partial charge is 0.446 e. The van der Waals surface area contributed by atoms with Gasteiger partial charge in [-0.1, -0.05) is 41.7 Å². The third-order valence-electron chi connectivity index (χ3n) is 4.09. The number of carbonyl (C=O) groups excluding carboxylic acids is 2. The second-order valence-electron chi connectivity index (χ2n) is 6.50. The van der Waals surface area contributed by atoms with Gasteiger partial charge >= 0.3 is 18.5 Å². The van der Waals surface area contributed by atoms with E-state index in [1.54, 1.807) is 0 Å². The molecule has 0 saturated heterocycles. The van der Waals surface area contributed by atoms with E-state index in [9.17, 15) is 22.8 Å². The monoisotopic (exact) mass is 469 g/mol. The molecule has 3 aromatic rings. The van der Waals surface area contributed by atoms with Crippen LogP contribution in [0.15, 0.2) is 48.5 Å². The average Bonchev–Trinajstić information content (AvgIpc) is 3.10. The van der Waals surface area contributed by atoms with Crippen molar-refractivity contribution in [3.8, 4) is 5.75 Å². The molecule has 0 aliphatic rings. The average molecular weight is 469 g/mol. The topological polar surface area (TPSA) is 113 Å². The third kappa shape index (κ3) is 7.30. The number of rotatable bonds is 8. The first kappa shape index (κ1) is 23.1. The minimum absolute atomic E-state index is 0.117. The van der Waals surface area contributed by atoms with Crippen LogP contribution in [0.1, 0.15) is 12.0 Å². The molecule has 12 heteroatoms. The highest BCUT2D eigenvalue weighted by Crippen LogP contribution is 2.31. The Balaban J connectivity index is 1.62. The van der Waals surface area contributed by atoms with Gasteiger partial charge < -0.3 is 19.9 Å². The number of aromatic nitrogens is 1. The van der Waals surface area contributed by atoms with Crippen LogP contribution < -0.4 is 15.8 Å². The number of amides is 2. The zero-order valence-electron chi connectivity index (χ0n) is 16.4. The standard InChI is InChI=1S/C20H18F3N3O5S/c21-20(22,23)31-13-8-9-15-16(10-13)32-18(25-15)26-19(28)30-14(11-29-17(24)27)7-6-12-4-2-1-3-5-12/h1-5,8-10,14H,6-7,11H2,(H2,24,27)(H,25,26,28). The van der Waals surface area contributed by atoms with Gasteiger partial charge in [0.05, 0.1) is 10.2 Å². The Morgan fingerprint density at radius 1 is 1.16 bits per heavy atom. The predicted octanol–water partition coefficient (Wildman–Crippen LogP) is 4.84. The van der Waals surface area contributed by atoms with Crippen molar-refractivity contribution < 1.29 is 37.0 Å². The highest BCUT2D eigenvalue weighted by atomic mass is 32.1. The van der Waals surface area contributed by atoms with Crippen LogP contribution in [-0.2, 0) is 15.9 Å². The van der Waals surface area contributed by atoms with Crippen molar-refractivity contribution in [3.05, 3.63) is 54.1 Å². The van der Waals surface area contributed by atoms with Gasteiger partial charge in [0.2, 0.25) is 0 Å². The highest BCUT2D eigenvalue weighted by Gasteiger charge is 2.31. The number of carbonyl (C=O) groups is 2. The van der Waals surface area contributed by atoms with Crippen LogP contribution in [0, 0.1) is 0 Å². The molecule has 2 aromatic carbocycles. The first-order chi connectivity index (χ1) is 15.2. The SMILES string of the molecule is NC(=O)OCC(CCc1ccccc1)OC(=O)Nc1nc2ccc(OC(F)(F)F)cc2s1. The Labute approximate surface area is 184 Å². The first-order valence-corrected chi connectivity index (χ1v) is 10.1. The van der Waals surface area contributed by atoms with Gasteiger partial charge in [-0.05, 0) is 30.5 Å². The molecule has 0 aliphatic heterocycles. The Kier molecular flexibility index (Phi) is 7.36. The molecule has 2 amide bonds. The van der Waals surface area contributed by atoms with Crippen LogP contribution in [0.3, 0.4) is 0 Å². The summed E-state index contributed by atoms with van der Waals surface area (Å²) >= 11 is 0.946. The molecule has 0 spiro atoms. The maximum Gasteiger partial charge on any atom is 0.573 e. The molecule has 0 aliphatic carbocycles. The number of alkyl halides is 3. The lowest BCUT2D eigenvalue weighted by Crippen LogP contribution is -2.29. The van der Waals surface area contributed by atoms with E-state index in [0.717, 1.165) is 23.0 Å². The molecule has 1 aromatic heterocycles. The van der Waals surface area contributed by atoms with E-state index in [0.29, 0.717) is 23.1 Å². The van der Waals surface area contributed by atoms with Crippen molar-refractivity contribution in [1.82, 2.24) is 4.98 Å². The van der Waals surface area contributed by atoms with Gasteiger partial charge in [0.1, 0.15) is 18.5 Å². The number of halogens is 3. The number of hydrogen-bond donors (Lipinski definition) is 2. The lowest BCUT2D eigenvalue weighted by atomic mass is 10.1. The highest BCUT2D eigenvalue weighted by molar-refractivity contribution is 7.22. The van der Waals surface area contributed by atoms with Crippen LogP contribution >= 0.6 is 11.3 Å². The van der Waals surface area contributed by atoms with Crippen LogP contribution in [0.4, 0.5) is 27.9 Å². The molecular weight excluding hydrogens is 451 g/mol. The molecule has 0 radical (unpaired) electrons. The fourth-order valence-electron chi connectivity index (χ4n) is 2.75. The summed E-state index contributed by atoms with van der Waals surface area (Å²) in [7, 11) is 0. The maximum atomic E-state index is 12.4. The van der Waals surface area contributed by atoms with Crippen LogP contribution in [0.5, 0.6) is 5.75 Å². The van der Waals surface area contributed by atoms with E-state index in [1.165, 1.54) is 12.1 Å². The molecule has 1 heterocycles. The number of anilines is 1. The van der Waals surface area contributed by atoms with E-state index in [-0.39, 0.29) is 11.7 Å². The molecule has 0 fully saturated rings. The summed E-state index contributed by atoms with van der Waals surface area (Å²) in [5.41, 5.74) is 6.37. The van der Waals surface area contributed by atoms with E-state index in [4.69, 9.17) is 15.2 Å². The normalized spacial score (nSPS) is 12.2. The van der Waals surface area contributed by atoms with E-state index in [2.05, 4.69) is 15.0 Å². The van der Waals surface area contributed by atoms with Crippen molar-refractivity contribution >= 4 is 38.9 Å². The van der Waals surface area contributed by atoms with Crippen molar-refractivity contribution in [2.75, 3.05) is 11.9 Å². The van der Waals surface area contributed by atoms with Crippen LogP contribution in [0.2, 0.25) is 0 Å². The predicted molar refractivity (Wildman–Crippen MR) is 110 cm³/mol. The van der Waals surface area contributed by atoms with Gasteiger partial charge in [-0.15, -0.1) is 13.2 Å². The number of fused-ring (bicyclic) bond motifs is 1. The van der Waals surface area contributed by atoms with Crippen molar-refractivity contribution in [3.63, 3.8) is 0 Å². The molecule has 0 saturated carbocycles. The number of thiazole rings is 1. The van der Waals surface area contributed by atoms with Gasteiger partial charge in [-0.3, -0.25) is 5.32 Å². The largest absolute Gasteiger partial charge is 0.573 e. The summed E-state index contributed by atoms with van der Waals surface area (Å²) in [6.07, 6.45) is -6.52. The Bertz CT molecular complexity index is 1080. The summed E-state index contributed by atoms with van der Waals surface area (Å²) in [4.78, 5) is 27.4. The third-order valence-corrected chi connectivity index (χ3v) is 5.02. The van der Waals surface area contributed by atoms with Gasteiger partial charge in [0, 0.05) is 6.07 Å². The van der Waals surface area contributed by atoms with E-state index in [1.807, 2.05) is 30.3 Å². The fraction of sp³-hybridized carbons (Fsp3) is 0.250. The molecule has 170 valence electrons. The minimum Gasteiger partial charge on any atom is -0.446 e. The second kappa shape index (κ2) is 10.2. The summed E-state index contributed by atoms with van der Waals surface area (Å²) in [6.45, 7) is -0.229. The maximum absolute atomic E-state index is 12.4. The number of nitrogens with two attached hydrogens (primary N) is 1. The van der Waals surface area contributed by atoms with E-state index < -0.39 is 30.4 Å². The zero-order valence-corrected chi connectivity index (χ0v) is 17.2. The second-order valence-corrected chi connectivity index (χ2v) is 7.53. The van der Waals surface area contributed by atoms with Crippen molar-refractivity contribution in [2.45, 2.75) is 25.3 Å². The lowest BCUT2D eigenvalue weighted by molar-refractivity contribution is -0.274.